The van der Waals surface area contributed by atoms with Crippen LogP contribution in [0.3, 0.4) is 0 Å². The van der Waals surface area contributed by atoms with Crippen molar-refractivity contribution in [3.05, 3.63) is 77.1 Å². The van der Waals surface area contributed by atoms with E-state index in [0.717, 1.165) is 4.57 Å². The lowest BCUT2D eigenvalue weighted by Crippen LogP contribution is -2.46. The summed E-state index contributed by atoms with van der Waals surface area (Å²) in [6.45, 7) is -1.42. The fourth-order valence-corrected chi connectivity index (χ4v) is 3.26. The molecule has 0 saturated carbocycles. The number of alkyl halides is 3. The summed E-state index contributed by atoms with van der Waals surface area (Å²) in [5.74, 6) is -0.709. The quantitative estimate of drug-likeness (QED) is 0.432. The van der Waals surface area contributed by atoms with E-state index in [1.54, 1.807) is 60.7 Å². The molecule has 2 aromatic heterocycles. The number of benzene rings is 2. The molecule has 27 heavy (non-hydrogen) atoms. The SMILES string of the molecule is O=c1c(-c2ccccc2)c(O)[n+](CC(F)(F)F)c2ccc3ccccc3n12. The topological polar surface area (TPSA) is 45.6 Å². The van der Waals surface area contributed by atoms with Gasteiger partial charge in [-0.25, -0.2) is 4.79 Å². The van der Waals surface area contributed by atoms with Gasteiger partial charge in [-0.1, -0.05) is 48.5 Å². The summed E-state index contributed by atoms with van der Waals surface area (Å²) >= 11 is 0. The van der Waals surface area contributed by atoms with Crippen molar-refractivity contribution in [3.8, 4) is 17.0 Å². The smallest absolute Gasteiger partial charge is 0.426 e. The summed E-state index contributed by atoms with van der Waals surface area (Å²) in [6.07, 6.45) is -4.57. The number of nitrogens with zero attached hydrogens (tertiary/aromatic N) is 2. The first-order valence-corrected chi connectivity index (χ1v) is 8.18. The Labute approximate surface area is 151 Å². The van der Waals surface area contributed by atoms with Crippen LogP contribution in [0.5, 0.6) is 5.88 Å². The van der Waals surface area contributed by atoms with Crippen LogP contribution in [0.1, 0.15) is 0 Å². The van der Waals surface area contributed by atoms with Gasteiger partial charge in [0.15, 0.2) is 12.1 Å². The van der Waals surface area contributed by atoms with E-state index in [1.807, 2.05) is 0 Å². The summed E-state index contributed by atoms with van der Waals surface area (Å²) in [7, 11) is 0. The summed E-state index contributed by atoms with van der Waals surface area (Å²) < 4.78 is 41.5. The number of para-hydroxylation sites is 1. The molecule has 4 nitrogen and oxygen atoms in total. The zero-order valence-corrected chi connectivity index (χ0v) is 13.9. The Balaban J connectivity index is 2.21. The molecule has 1 N–H and O–H groups in total. The molecule has 0 unspecified atom stereocenters. The number of halogens is 3. The molecule has 2 aromatic carbocycles. The van der Waals surface area contributed by atoms with Crippen molar-refractivity contribution in [3.63, 3.8) is 0 Å². The van der Waals surface area contributed by atoms with Crippen LogP contribution in [-0.2, 0) is 6.54 Å². The van der Waals surface area contributed by atoms with E-state index >= 15 is 0 Å². The van der Waals surface area contributed by atoms with Gasteiger partial charge in [0.05, 0.1) is 0 Å². The maximum absolute atomic E-state index is 13.2. The largest absolute Gasteiger partial charge is 0.477 e. The fourth-order valence-electron chi connectivity index (χ4n) is 3.26. The van der Waals surface area contributed by atoms with Gasteiger partial charge in [0.25, 0.3) is 11.5 Å². The van der Waals surface area contributed by atoms with Crippen molar-refractivity contribution >= 4 is 16.6 Å². The number of aromatic hydroxyl groups is 1. The van der Waals surface area contributed by atoms with Crippen LogP contribution in [0.15, 0.2) is 71.5 Å². The highest BCUT2D eigenvalue weighted by Gasteiger charge is 2.36. The minimum absolute atomic E-state index is 0.0341. The monoisotopic (exact) mass is 371 g/mol. The Bertz CT molecular complexity index is 1220. The number of aromatic nitrogens is 2. The lowest BCUT2D eigenvalue weighted by atomic mass is 10.1. The molecular formula is C20H14F3N2O2+. The lowest BCUT2D eigenvalue weighted by molar-refractivity contribution is -0.703. The third-order valence-electron chi connectivity index (χ3n) is 4.39. The van der Waals surface area contributed by atoms with E-state index in [1.165, 1.54) is 10.5 Å². The second kappa shape index (κ2) is 6.12. The van der Waals surface area contributed by atoms with Gasteiger partial charge < -0.3 is 5.11 Å². The number of pyridine rings is 1. The van der Waals surface area contributed by atoms with E-state index in [0.29, 0.717) is 16.5 Å². The standard InChI is InChI=1S/C20H13F3N2O2/c21-20(22,23)12-24-16-11-10-13-6-4-5-9-15(13)25(16)19(27)17(18(24)26)14-7-2-1-3-8-14/h1-11H,12H2/p+1. The third kappa shape index (κ3) is 2.91. The molecule has 0 atom stereocenters. The van der Waals surface area contributed by atoms with Gasteiger partial charge in [-0.2, -0.15) is 22.1 Å². The molecule has 0 aliphatic rings. The maximum Gasteiger partial charge on any atom is 0.426 e. The number of rotatable bonds is 2. The van der Waals surface area contributed by atoms with Crippen molar-refractivity contribution in [2.45, 2.75) is 12.7 Å². The van der Waals surface area contributed by atoms with E-state index in [2.05, 4.69) is 0 Å². The molecule has 4 aromatic rings. The van der Waals surface area contributed by atoms with Crippen LogP contribution < -0.4 is 10.1 Å². The van der Waals surface area contributed by atoms with Crippen molar-refractivity contribution in [2.24, 2.45) is 0 Å². The molecular weight excluding hydrogens is 357 g/mol. The van der Waals surface area contributed by atoms with Crippen LogP contribution in [0.2, 0.25) is 0 Å². The predicted molar refractivity (Wildman–Crippen MR) is 94.5 cm³/mol. The van der Waals surface area contributed by atoms with E-state index in [9.17, 15) is 23.1 Å². The average Bonchev–Trinajstić information content (AvgIpc) is 2.64. The molecule has 7 heteroatoms. The van der Waals surface area contributed by atoms with Crippen molar-refractivity contribution in [2.75, 3.05) is 0 Å². The number of fused-ring (bicyclic) bond motifs is 3. The zero-order chi connectivity index (χ0) is 19.2. The Kier molecular flexibility index (Phi) is 3.87. The first-order chi connectivity index (χ1) is 12.9. The van der Waals surface area contributed by atoms with Crippen molar-refractivity contribution < 1.29 is 22.8 Å². The molecule has 0 amide bonds. The lowest BCUT2D eigenvalue weighted by Gasteiger charge is -2.12. The Hall–Kier alpha value is -3.35. The Morgan fingerprint density at radius 2 is 1.59 bits per heavy atom. The second-order valence-electron chi connectivity index (χ2n) is 6.16. The molecule has 0 radical (unpaired) electrons. The van der Waals surface area contributed by atoms with Crippen molar-refractivity contribution in [1.29, 1.82) is 0 Å². The summed E-state index contributed by atoms with van der Waals surface area (Å²) in [6, 6.07) is 18.1. The summed E-state index contributed by atoms with van der Waals surface area (Å²) in [4.78, 5) is 13.2. The van der Waals surface area contributed by atoms with Gasteiger partial charge in [-0.3, -0.25) is 0 Å². The number of hydrogen-bond acceptors (Lipinski definition) is 2. The minimum Gasteiger partial charge on any atom is -0.477 e. The molecule has 0 fully saturated rings. The summed E-state index contributed by atoms with van der Waals surface area (Å²) in [5.41, 5.74) is 0.0252. The van der Waals surface area contributed by atoms with Crippen LogP contribution in [0, 0.1) is 0 Å². The van der Waals surface area contributed by atoms with Crippen LogP contribution in [0.25, 0.3) is 27.7 Å². The second-order valence-corrected chi connectivity index (χ2v) is 6.16. The first-order valence-electron chi connectivity index (χ1n) is 8.18. The molecule has 136 valence electrons. The van der Waals surface area contributed by atoms with E-state index < -0.39 is 24.2 Å². The molecule has 4 rings (SSSR count). The normalized spacial score (nSPS) is 12.0. The highest BCUT2D eigenvalue weighted by atomic mass is 19.4. The van der Waals surface area contributed by atoms with Crippen LogP contribution in [0.4, 0.5) is 13.2 Å². The number of hydrogen-bond donors (Lipinski definition) is 1. The molecule has 0 aliphatic heterocycles. The van der Waals surface area contributed by atoms with Crippen LogP contribution >= 0.6 is 0 Å². The first kappa shape index (κ1) is 17.1. The van der Waals surface area contributed by atoms with Gasteiger partial charge in [0.2, 0.25) is 0 Å². The third-order valence-corrected chi connectivity index (χ3v) is 4.39. The zero-order valence-electron chi connectivity index (χ0n) is 13.9. The van der Waals surface area contributed by atoms with Gasteiger partial charge in [-0.15, -0.1) is 0 Å². The maximum atomic E-state index is 13.2. The highest BCUT2D eigenvalue weighted by molar-refractivity contribution is 5.82. The molecule has 0 spiro atoms. The van der Waals surface area contributed by atoms with Crippen molar-refractivity contribution in [1.82, 2.24) is 4.40 Å². The Morgan fingerprint density at radius 3 is 2.30 bits per heavy atom. The van der Waals surface area contributed by atoms with Gasteiger partial charge in [0, 0.05) is 11.5 Å². The Morgan fingerprint density at radius 1 is 0.926 bits per heavy atom. The van der Waals surface area contributed by atoms with Gasteiger partial charge >= 0.3 is 11.7 Å². The summed E-state index contributed by atoms with van der Waals surface area (Å²) in [5, 5.41) is 11.3. The van der Waals surface area contributed by atoms with Gasteiger partial charge in [0.1, 0.15) is 5.52 Å². The van der Waals surface area contributed by atoms with E-state index in [4.69, 9.17) is 0 Å². The molecule has 2 heterocycles. The minimum atomic E-state index is -4.57. The molecule has 0 bridgehead atoms. The predicted octanol–water partition coefficient (Wildman–Crippen LogP) is 3.68. The highest BCUT2D eigenvalue weighted by Crippen LogP contribution is 2.26. The van der Waals surface area contributed by atoms with E-state index in [-0.39, 0.29) is 11.2 Å². The molecule has 0 aliphatic carbocycles. The molecule has 0 saturated heterocycles. The van der Waals surface area contributed by atoms with Gasteiger partial charge in [-0.05, 0) is 17.7 Å². The fraction of sp³-hybridized carbons (Fsp3) is 0.100. The average molecular weight is 371 g/mol. The van der Waals surface area contributed by atoms with Crippen LogP contribution in [-0.4, -0.2) is 15.7 Å².